The summed E-state index contributed by atoms with van der Waals surface area (Å²) in [6, 6.07) is 9.45. The molecular formula is C16H15ClN4O2S. The molecule has 4 rings (SSSR count). The van der Waals surface area contributed by atoms with Crippen LogP contribution in [0.25, 0.3) is 5.65 Å². The Hall–Kier alpha value is -2.12. The zero-order chi connectivity index (χ0) is 16.7. The highest BCUT2D eigenvalue weighted by Gasteiger charge is 2.25. The molecule has 1 fully saturated rings. The smallest absolute Gasteiger partial charge is 0.262 e. The third-order valence-electron chi connectivity index (χ3n) is 4.22. The minimum absolute atomic E-state index is 0.146. The zero-order valence-corrected chi connectivity index (χ0v) is 14.3. The van der Waals surface area contributed by atoms with Gasteiger partial charge in [-0.3, -0.25) is 4.72 Å². The van der Waals surface area contributed by atoms with Crippen LogP contribution >= 0.6 is 11.6 Å². The fraction of sp³-hybridized carbons (Fsp3) is 0.250. The Morgan fingerprint density at radius 1 is 1.17 bits per heavy atom. The first-order valence-corrected chi connectivity index (χ1v) is 9.53. The second kappa shape index (κ2) is 5.75. The molecule has 6 nitrogen and oxygen atoms in total. The van der Waals surface area contributed by atoms with E-state index in [2.05, 4.69) is 14.8 Å². The van der Waals surface area contributed by atoms with Crippen molar-refractivity contribution in [3.05, 3.63) is 53.4 Å². The summed E-state index contributed by atoms with van der Waals surface area (Å²) in [5.41, 5.74) is 0.919. The number of nitrogens with one attached hydrogen (secondary N) is 1. The molecule has 0 bridgehead atoms. The van der Waals surface area contributed by atoms with Crippen molar-refractivity contribution in [3.8, 4) is 0 Å². The van der Waals surface area contributed by atoms with Gasteiger partial charge in [-0.1, -0.05) is 18.0 Å². The summed E-state index contributed by atoms with van der Waals surface area (Å²) in [6.07, 6.45) is 5.13. The van der Waals surface area contributed by atoms with Crippen LogP contribution in [0.4, 0.5) is 5.69 Å². The lowest BCUT2D eigenvalue weighted by Crippen LogP contribution is -2.13. The van der Waals surface area contributed by atoms with Crippen molar-refractivity contribution in [1.29, 1.82) is 0 Å². The number of halogens is 1. The van der Waals surface area contributed by atoms with E-state index < -0.39 is 10.0 Å². The lowest BCUT2D eigenvalue weighted by Gasteiger charge is -2.21. The van der Waals surface area contributed by atoms with Crippen LogP contribution in [-0.2, 0) is 10.0 Å². The Kier molecular flexibility index (Phi) is 3.69. The van der Waals surface area contributed by atoms with E-state index in [0.717, 1.165) is 18.7 Å². The highest BCUT2D eigenvalue weighted by Crippen LogP contribution is 2.35. The van der Waals surface area contributed by atoms with Crippen molar-refractivity contribution in [2.24, 2.45) is 0 Å². The Balaban J connectivity index is 1.70. The Labute approximate surface area is 144 Å². The number of sulfonamides is 1. The Bertz CT molecular complexity index is 995. The number of benzene rings is 1. The highest BCUT2D eigenvalue weighted by molar-refractivity contribution is 7.92. The third-order valence-corrected chi connectivity index (χ3v) is 5.85. The van der Waals surface area contributed by atoms with Crippen LogP contribution in [0.15, 0.2) is 47.5 Å². The normalized spacial score (nSPS) is 15.4. The number of aromatic nitrogens is 3. The van der Waals surface area contributed by atoms with Crippen molar-refractivity contribution < 1.29 is 8.42 Å². The number of anilines is 1. The van der Waals surface area contributed by atoms with Crippen LogP contribution in [0.3, 0.4) is 0 Å². The average Bonchev–Trinajstić information content (AvgIpc) is 2.90. The molecule has 1 aliphatic rings. The molecule has 124 valence electrons. The van der Waals surface area contributed by atoms with Gasteiger partial charge in [-0.15, -0.1) is 0 Å². The van der Waals surface area contributed by atoms with Crippen LogP contribution in [0.2, 0.25) is 5.02 Å². The molecule has 0 aliphatic heterocycles. The van der Waals surface area contributed by atoms with Crippen LogP contribution in [-0.4, -0.2) is 23.0 Å². The second-order valence-corrected chi connectivity index (χ2v) is 7.97. The van der Waals surface area contributed by atoms with Crippen molar-refractivity contribution in [2.45, 2.75) is 30.1 Å². The molecule has 1 saturated carbocycles. The topological polar surface area (TPSA) is 76.4 Å². The van der Waals surface area contributed by atoms with Gasteiger partial charge in [0.05, 0.1) is 10.6 Å². The standard InChI is InChI=1S/C16H15ClN4O2S/c17-12-6-8-13(9-7-12)24(22,23)20-14-5-2-10-21-16(14)18-15(19-21)11-3-1-4-11/h2,5-11,20H,1,3-4H2. The minimum Gasteiger partial charge on any atom is -0.276 e. The number of pyridine rings is 1. The van der Waals surface area contributed by atoms with Crippen molar-refractivity contribution in [1.82, 2.24) is 14.6 Å². The average molecular weight is 363 g/mol. The van der Waals surface area contributed by atoms with E-state index in [1.54, 1.807) is 35.0 Å². The summed E-state index contributed by atoms with van der Waals surface area (Å²) >= 11 is 5.81. The summed E-state index contributed by atoms with van der Waals surface area (Å²) < 4.78 is 29.3. The van der Waals surface area contributed by atoms with Gasteiger partial charge in [-0.05, 0) is 49.2 Å². The van der Waals surface area contributed by atoms with Crippen molar-refractivity contribution >= 4 is 33.0 Å². The predicted molar refractivity (Wildman–Crippen MR) is 91.8 cm³/mol. The monoisotopic (exact) mass is 362 g/mol. The molecule has 1 aromatic carbocycles. The molecule has 0 spiro atoms. The predicted octanol–water partition coefficient (Wildman–Crippen LogP) is 3.45. The first-order valence-electron chi connectivity index (χ1n) is 7.67. The third kappa shape index (κ3) is 2.74. The van der Waals surface area contributed by atoms with Crippen LogP contribution in [0.5, 0.6) is 0 Å². The number of fused-ring (bicyclic) bond motifs is 1. The molecule has 1 N–H and O–H groups in total. The second-order valence-electron chi connectivity index (χ2n) is 5.85. The van der Waals surface area contributed by atoms with Crippen LogP contribution in [0.1, 0.15) is 31.0 Å². The van der Waals surface area contributed by atoms with Gasteiger partial charge in [-0.2, -0.15) is 5.10 Å². The molecule has 0 unspecified atom stereocenters. The number of nitrogens with zero attached hydrogens (tertiary/aromatic N) is 3. The van der Waals surface area contributed by atoms with E-state index in [-0.39, 0.29) is 4.90 Å². The largest absolute Gasteiger partial charge is 0.276 e. The van der Waals surface area contributed by atoms with E-state index >= 15 is 0 Å². The molecule has 2 aromatic heterocycles. The fourth-order valence-electron chi connectivity index (χ4n) is 2.66. The van der Waals surface area contributed by atoms with Gasteiger partial charge in [0, 0.05) is 17.1 Å². The van der Waals surface area contributed by atoms with Gasteiger partial charge in [0.1, 0.15) is 0 Å². The van der Waals surface area contributed by atoms with Crippen LogP contribution < -0.4 is 4.72 Å². The number of hydrogen-bond donors (Lipinski definition) is 1. The van der Waals surface area contributed by atoms with E-state index in [1.807, 2.05) is 0 Å². The first kappa shape index (κ1) is 15.4. The van der Waals surface area contributed by atoms with Crippen LogP contribution in [0, 0.1) is 0 Å². The zero-order valence-electron chi connectivity index (χ0n) is 12.7. The van der Waals surface area contributed by atoms with Gasteiger partial charge in [0.25, 0.3) is 10.0 Å². The van der Waals surface area contributed by atoms with Gasteiger partial charge >= 0.3 is 0 Å². The fourth-order valence-corrected chi connectivity index (χ4v) is 3.85. The van der Waals surface area contributed by atoms with E-state index in [4.69, 9.17) is 11.6 Å². The molecule has 1 aliphatic carbocycles. The molecule has 3 aromatic rings. The molecule has 0 atom stereocenters. The van der Waals surface area contributed by atoms with Crippen molar-refractivity contribution in [2.75, 3.05) is 4.72 Å². The molecular weight excluding hydrogens is 348 g/mol. The maximum absolute atomic E-state index is 12.6. The lowest BCUT2D eigenvalue weighted by molar-refractivity contribution is 0.402. The van der Waals surface area contributed by atoms with Gasteiger partial charge in [0.15, 0.2) is 11.5 Å². The molecule has 2 heterocycles. The van der Waals surface area contributed by atoms with E-state index in [1.165, 1.54) is 18.6 Å². The maximum atomic E-state index is 12.6. The molecule has 24 heavy (non-hydrogen) atoms. The van der Waals surface area contributed by atoms with Crippen molar-refractivity contribution in [3.63, 3.8) is 0 Å². The Morgan fingerprint density at radius 2 is 1.92 bits per heavy atom. The summed E-state index contributed by atoms with van der Waals surface area (Å²) in [7, 11) is -3.71. The minimum atomic E-state index is -3.71. The molecule has 0 amide bonds. The summed E-state index contributed by atoms with van der Waals surface area (Å²) in [4.78, 5) is 4.68. The van der Waals surface area contributed by atoms with E-state index in [0.29, 0.717) is 22.3 Å². The number of rotatable bonds is 4. The highest BCUT2D eigenvalue weighted by atomic mass is 35.5. The lowest BCUT2D eigenvalue weighted by atomic mass is 9.85. The molecule has 0 radical (unpaired) electrons. The molecule has 0 saturated heterocycles. The Morgan fingerprint density at radius 3 is 2.58 bits per heavy atom. The maximum Gasteiger partial charge on any atom is 0.262 e. The summed E-state index contributed by atoms with van der Waals surface area (Å²) in [6.45, 7) is 0. The quantitative estimate of drug-likeness (QED) is 0.771. The van der Waals surface area contributed by atoms with Gasteiger partial charge < -0.3 is 0 Å². The summed E-state index contributed by atoms with van der Waals surface area (Å²) in [5.74, 6) is 1.16. The van der Waals surface area contributed by atoms with Gasteiger partial charge in [-0.25, -0.2) is 17.9 Å². The SMILES string of the molecule is O=S(=O)(Nc1cccn2nc(C3CCC3)nc12)c1ccc(Cl)cc1. The van der Waals surface area contributed by atoms with Gasteiger partial charge in [0.2, 0.25) is 0 Å². The molecule has 8 heteroatoms. The van der Waals surface area contributed by atoms with E-state index in [9.17, 15) is 8.42 Å². The summed E-state index contributed by atoms with van der Waals surface area (Å²) in [5, 5.41) is 4.95. The number of hydrogen-bond acceptors (Lipinski definition) is 4. The first-order chi connectivity index (χ1) is 11.5.